The smallest absolute Gasteiger partial charge is 0.408 e. The maximum Gasteiger partial charge on any atom is 0.408 e. The molecule has 1 aromatic carbocycles. The van der Waals surface area contributed by atoms with E-state index in [-0.39, 0.29) is 28.8 Å². The Morgan fingerprint density at radius 2 is 1.94 bits per heavy atom. The third kappa shape index (κ3) is 7.06. The monoisotopic (exact) mass is 482 g/mol. The van der Waals surface area contributed by atoms with E-state index in [1.807, 2.05) is 0 Å². The minimum atomic E-state index is -2.65. The van der Waals surface area contributed by atoms with E-state index in [0.29, 0.717) is 18.1 Å². The molecule has 1 saturated carbocycles. The molecule has 0 spiro atoms. The van der Waals surface area contributed by atoms with Crippen molar-refractivity contribution >= 4 is 12.1 Å². The van der Waals surface area contributed by atoms with Gasteiger partial charge >= 0.3 is 12.1 Å². The van der Waals surface area contributed by atoms with E-state index >= 15 is 0 Å². The molecule has 1 aliphatic rings. The summed E-state index contributed by atoms with van der Waals surface area (Å²) in [5.74, 6) is -0.700. The van der Waals surface area contributed by atoms with Crippen LogP contribution in [0.15, 0.2) is 22.6 Å². The zero-order chi connectivity index (χ0) is 25.0. The number of alkyl carbamates (subject to hydrolysis) is 1. The van der Waals surface area contributed by atoms with Gasteiger partial charge in [-0.2, -0.15) is 0 Å². The van der Waals surface area contributed by atoms with E-state index in [0.717, 1.165) is 12.8 Å². The van der Waals surface area contributed by atoms with Gasteiger partial charge in [0.1, 0.15) is 12.2 Å². The SMILES string of the molecule is C[C@H](NC(=O)OC(C)(C)C)c1oc(-c2ccc(OCC(F)F)c(OCC3CC3)c2)nc1C(=O)O. The van der Waals surface area contributed by atoms with Crippen molar-refractivity contribution < 1.29 is 42.1 Å². The average Bonchev–Trinajstić information content (AvgIpc) is 3.44. The van der Waals surface area contributed by atoms with Gasteiger partial charge in [0.25, 0.3) is 6.43 Å². The van der Waals surface area contributed by atoms with Gasteiger partial charge in [0.15, 0.2) is 23.0 Å². The first-order valence-electron chi connectivity index (χ1n) is 10.8. The minimum Gasteiger partial charge on any atom is -0.489 e. The number of alkyl halides is 2. The second-order valence-corrected chi connectivity index (χ2v) is 9.02. The number of ether oxygens (including phenoxy) is 3. The molecule has 1 fully saturated rings. The number of rotatable bonds is 10. The van der Waals surface area contributed by atoms with E-state index in [9.17, 15) is 23.5 Å². The van der Waals surface area contributed by atoms with Crippen LogP contribution in [0.3, 0.4) is 0 Å². The van der Waals surface area contributed by atoms with Crippen molar-refractivity contribution in [2.45, 2.75) is 58.6 Å². The zero-order valence-corrected chi connectivity index (χ0v) is 19.4. The van der Waals surface area contributed by atoms with Crippen LogP contribution in [0, 0.1) is 5.92 Å². The lowest BCUT2D eigenvalue weighted by Gasteiger charge is -2.21. The Labute approximate surface area is 195 Å². The zero-order valence-electron chi connectivity index (χ0n) is 19.4. The number of carbonyl (C=O) groups excluding carboxylic acids is 1. The summed E-state index contributed by atoms with van der Waals surface area (Å²) in [6.07, 6.45) is -1.34. The van der Waals surface area contributed by atoms with Gasteiger partial charge in [-0.25, -0.2) is 23.4 Å². The van der Waals surface area contributed by atoms with Crippen molar-refractivity contribution in [1.29, 1.82) is 0 Å². The fraction of sp³-hybridized carbons (Fsp3) is 0.522. The number of amides is 1. The van der Waals surface area contributed by atoms with E-state index in [2.05, 4.69) is 10.3 Å². The topological polar surface area (TPSA) is 120 Å². The molecular weight excluding hydrogens is 454 g/mol. The number of benzene rings is 1. The van der Waals surface area contributed by atoms with Crippen LogP contribution in [0.2, 0.25) is 0 Å². The number of carboxylic acids is 1. The quantitative estimate of drug-likeness (QED) is 0.482. The normalized spacial score (nSPS) is 14.6. The molecule has 11 heteroatoms. The summed E-state index contributed by atoms with van der Waals surface area (Å²) in [5.41, 5.74) is -0.762. The predicted octanol–water partition coefficient (Wildman–Crippen LogP) is 5.06. The van der Waals surface area contributed by atoms with Gasteiger partial charge in [0, 0.05) is 5.56 Å². The standard InChI is InChI=1S/C23H28F2N2O7/c1-12(26-22(30)34-23(2,3)4)19-18(21(28)29)27-20(33-19)14-7-8-15(32-11-17(24)25)16(9-14)31-10-13-5-6-13/h7-9,12-13,17H,5-6,10-11H2,1-4H3,(H,26,30)(H,28,29)/t12-/m0/s1. The number of carbonyl (C=O) groups is 2. The van der Waals surface area contributed by atoms with Gasteiger partial charge < -0.3 is 29.1 Å². The Bertz CT molecular complexity index is 1030. The molecule has 9 nitrogen and oxygen atoms in total. The molecule has 0 saturated heterocycles. The molecule has 1 aliphatic carbocycles. The van der Waals surface area contributed by atoms with Crippen LogP contribution in [0.5, 0.6) is 11.5 Å². The van der Waals surface area contributed by atoms with Gasteiger partial charge in [0.2, 0.25) is 5.89 Å². The highest BCUT2D eigenvalue weighted by Crippen LogP contribution is 2.36. The summed E-state index contributed by atoms with van der Waals surface area (Å²) in [7, 11) is 0. The first-order valence-corrected chi connectivity index (χ1v) is 10.8. The van der Waals surface area contributed by atoms with Crippen molar-refractivity contribution in [2.24, 2.45) is 5.92 Å². The number of nitrogens with zero attached hydrogens (tertiary/aromatic N) is 1. The number of oxazole rings is 1. The first-order chi connectivity index (χ1) is 15.9. The number of hydrogen-bond donors (Lipinski definition) is 2. The van der Waals surface area contributed by atoms with Crippen molar-refractivity contribution in [2.75, 3.05) is 13.2 Å². The third-order valence-corrected chi connectivity index (χ3v) is 4.71. The summed E-state index contributed by atoms with van der Waals surface area (Å²) >= 11 is 0. The molecule has 0 aliphatic heterocycles. The maximum atomic E-state index is 12.6. The van der Waals surface area contributed by atoms with Gasteiger partial charge in [-0.1, -0.05) is 0 Å². The Morgan fingerprint density at radius 3 is 2.53 bits per heavy atom. The van der Waals surface area contributed by atoms with E-state index in [4.69, 9.17) is 18.6 Å². The maximum absolute atomic E-state index is 12.6. The van der Waals surface area contributed by atoms with Crippen LogP contribution in [-0.2, 0) is 4.74 Å². The Balaban J connectivity index is 1.87. The number of carboxylic acid groups (broad SMARTS) is 1. The fourth-order valence-electron chi connectivity index (χ4n) is 2.97. The lowest BCUT2D eigenvalue weighted by Crippen LogP contribution is -2.34. The van der Waals surface area contributed by atoms with E-state index in [1.54, 1.807) is 20.8 Å². The Kier molecular flexibility index (Phi) is 7.63. The number of hydrogen-bond acceptors (Lipinski definition) is 7. The molecule has 1 aromatic heterocycles. The Morgan fingerprint density at radius 1 is 1.24 bits per heavy atom. The van der Waals surface area contributed by atoms with Crippen LogP contribution in [0.1, 0.15) is 62.8 Å². The number of halogens is 2. The van der Waals surface area contributed by atoms with Crippen molar-refractivity contribution in [3.05, 3.63) is 29.7 Å². The molecule has 186 valence electrons. The molecular formula is C23H28F2N2O7. The number of aromatic carboxylic acids is 1. The lowest BCUT2D eigenvalue weighted by molar-refractivity contribution is 0.0498. The molecule has 3 rings (SSSR count). The Hall–Kier alpha value is -3.37. The van der Waals surface area contributed by atoms with Crippen molar-refractivity contribution in [3.63, 3.8) is 0 Å². The predicted molar refractivity (Wildman–Crippen MR) is 116 cm³/mol. The number of nitrogens with one attached hydrogen (secondary N) is 1. The second kappa shape index (κ2) is 10.3. The third-order valence-electron chi connectivity index (χ3n) is 4.71. The second-order valence-electron chi connectivity index (χ2n) is 9.02. The summed E-state index contributed by atoms with van der Waals surface area (Å²) in [4.78, 5) is 27.9. The molecule has 2 aromatic rings. The van der Waals surface area contributed by atoms with Gasteiger partial charge in [-0.3, -0.25) is 0 Å². The molecule has 0 bridgehead atoms. The van der Waals surface area contributed by atoms with Crippen LogP contribution in [0.4, 0.5) is 13.6 Å². The summed E-state index contributed by atoms with van der Waals surface area (Å²) < 4.78 is 47.0. The molecule has 1 heterocycles. The summed E-state index contributed by atoms with van der Waals surface area (Å²) in [5, 5.41) is 12.1. The summed E-state index contributed by atoms with van der Waals surface area (Å²) in [6.45, 7) is 6.24. The summed E-state index contributed by atoms with van der Waals surface area (Å²) in [6, 6.07) is 3.57. The van der Waals surface area contributed by atoms with Gasteiger partial charge in [-0.05, 0) is 64.7 Å². The van der Waals surface area contributed by atoms with Crippen molar-refractivity contribution in [3.8, 4) is 23.0 Å². The molecule has 34 heavy (non-hydrogen) atoms. The lowest BCUT2D eigenvalue weighted by atomic mass is 10.2. The highest BCUT2D eigenvalue weighted by molar-refractivity contribution is 5.87. The molecule has 0 radical (unpaired) electrons. The largest absolute Gasteiger partial charge is 0.489 e. The van der Waals surface area contributed by atoms with Gasteiger partial charge in [0.05, 0.1) is 12.6 Å². The van der Waals surface area contributed by atoms with Crippen LogP contribution < -0.4 is 14.8 Å². The molecule has 0 unspecified atom stereocenters. The average molecular weight is 482 g/mol. The van der Waals surface area contributed by atoms with Crippen LogP contribution in [-0.4, -0.2) is 47.4 Å². The highest BCUT2D eigenvalue weighted by atomic mass is 19.3. The highest BCUT2D eigenvalue weighted by Gasteiger charge is 2.28. The fourth-order valence-corrected chi connectivity index (χ4v) is 2.97. The van der Waals surface area contributed by atoms with Crippen molar-refractivity contribution in [1.82, 2.24) is 10.3 Å². The number of aromatic nitrogens is 1. The molecule has 2 N–H and O–H groups in total. The molecule has 1 atom stereocenters. The minimum absolute atomic E-state index is 0.0399. The molecule has 1 amide bonds. The first kappa shape index (κ1) is 25.3. The van der Waals surface area contributed by atoms with Gasteiger partial charge in [-0.15, -0.1) is 0 Å². The van der Waals surface area contributed by atoms with Crippen LogP contribution in [0.25, 0.3) is 11.5 Å². The van der Waals surface area contributed by atoms with E-state index < -0.39 is 36.7 Å². The van der Waals surface area contributed by atoms with Crippen LogP contribution >= 0.6 is 0 Å². The van der Waals surface area contributed by atoms with E-state index in [1.165, 1.54) is 25.1 Å².